The average molecular weight is 310 g/mol. The van der Waals surface area contributed by atoms with E-state index in [2.05, 4.69) is 5.32 Å². The van der Waals surface area contributed by atoms with E-state index in [1.807, 2.05) is 0 Å². The number of carbonyl (C=O) groups is 3. The maximum Gasteiger partial charge on any atom is 0.320 e. The fourth-order valence-corrected chi connectivity index (χ4v) is 2.31. The molecule has 6 nitrogen and oxygen atoms in total. The van der Waals surface area contributed by atoms with Gasteiger partial charge in [-0.05, 0) is 43.4 Å². The number of hydrogen-bond donors (Lipinski definition) is 3. The molecule has 0 heterocycles. The summed E-state index contributed by atoms with van der Waals surface area (Å²) in [7, 11) is 0. The van der Waals surface area contributed by atoms with Crippen molar-refractivity contribution in [2.75, 3.05) is 16.8 Å². The Bertz CT molecular complexity index is 516. The standard InChI is InChI=1S/C14H18N2O4S/c1-9(17)10-2-4-11(5-3-10)16-13(18)8-21-7-6-12(15)14(19)20/h2-5,12H,6-8,15H2,1H3,(H,16,18)(H,19,20). The van der Waals surface area contributed by atoms with Crippen LogP contribution in [-0.2, 0) is 9.59 Å². The molecule has 1 aromatic rings. The van der Waals surface area contributed by atoms with Gasteiger partial charge in [0.25, 0.3) is 0 Å². The van der Waals surface area contributed by atoms with Crippen molar-refractivity contribution in [3.05, 3.63) is 29.8 Å². The van der Waals surface area contributed by atoms with Crippen LogP contribution in [0.5, 0.6) is 0 Å². The second-order valence-electron chi connectivity index (χ2n) is 4.47. The van der Waals surface area contributed by atoms with Crippen molar-refractivity contribution in [1.82, 2.24) is 0 Å². The number of benzene rings is 1. The lowest BCUT2D eigenvalue weighted by atomic mass is 10.1. The smallest absolute Gasteiger partial charge is 0.320 e. The highest BCUT2D eigenvalue weighted by atomic mass is 32.2. The highest BCUT2D eigenvalue weighted by molar-refractivity contribution is 7.99. The van der Waals surface area contributed by atoms with E-state index >= 15 is 0 Å². The number of aliphatic carboxylic acids is 1. The number of anilines is 1. The summed E-state index contributed by atoms with van der Waals surface area (Å²) in [5.74, 6) is -0.520. The van der Waals surface area contributed by atoms with Gasteiger partial charge in [0.1, 0.15) is 6.04 Å². The lowest BCUT2D eigenvalue weighted by molar-refractivity contribution is -0.138. The Morgan fingerprint density at radius 3 is 2.43 bits per heavy atom. The van der Waals surface area contributed by atoms with Gasteiger partial charge in [0.15, 0.2) is 5.78 Å². The zero-order valence-electron chi connectivity index (χ0n) is 11.7. The van der Waals surface area contributed by atoms with Gasteiger partial charge >= 0.3 is 5.97 Å². The Labute approximate surface area is 127 Å². The summed E-state index contributed by atoms with van der Waals surface area (Å²) >= 11 is 1.32. The minimum atomic E-state index is -1.04. The molecule has 1 rings (SSSR count). The van der Waals surface area contributed by atoms with Crippen molar-refractivity contribution in [2.24, 2.45) is 5.73 Å². The van der Waals surface area contributed by atoms with E-state index in [1.54, 1.807) is 24.3 Å². The van der Waals surface area contributed by atoms with Crippen LogP contribution in [0, 0.1) is 0 Å². The second-order valence-corrected chi connectivity index (χ2v) is 5.57. The van der Waals surface area contributed by atoms with Crippen LogP contribution in [0.2, 0.25) is 0 Å². The van der Waals surface area contributed by atoms with E-state index in [0.29, 0.717) is 23.4 Å². The van der Waals surface area contributed by atoms with Crippen LogP contribution in [0.15, 0.2) is 24.3 Å². The van der Waals surface area contributed by atoms with Crippen molar-refractivity contribution >= 4 is 35.1 Å². The SMILES string of the molecule is CC(=O)c1ccc(NC(=O)CSCCC(N)C(=O)O)cc1. The molecule has 0 saturated carbocycles. The Hall–Kier alpha value is -1.86. The Kier molecular flexibility index (Phi) is 6.90. The molecule has 1 unspecified atom stereocenters. The monoisotopic (exact) mass is 310 g/mol. The fourth-order valence-electron chi connectivity index (χ4n) is 1.48. The van der Waals surface area contributed by atoms with Gasteiger partial charge in [-0.1, -0.05) is 0 Å². The number of thioether (sulfide) groups is 1. The molecule has 0 bridgehead atoms. The predicted molar refractivity (Wildman–Crippen MR) is 82.6 cm³/mol. The molecule has 0 aliphatic rings. The van der Waals surface area contributed by atoms with Gasteiger partial charge in [-0.2, -0.15) is 11.8 Å². The van der Waals surface area contributed by atoms with Crippen molar-refractivity contribution in [1.29, 1.82) is 0 Å². The first-order chi connectivity index (χ1) is 9.90. The van der Waals surface area contributed by atoms with E-state index in [9.17, 15) is 14.4 Å². The number of carboxylic acids is 1. The maximum atomic E-state index is 11.7. The first-order valence-electron chi connectivity index (χ1n) is 6.37. The Morgan fingerprint density at radius 2 is 1.90 bits per heavy atom. The number of amides is 1. The van der Waals surface area contributed by atoms with Crippen molar-refractivity contribution < 1.29 is 19.5 Å². The van der Waals surface area contributed by atoms with Crippen LogP contribution in [0.4, 0.5) is 5.69 Å². The molecule has 0 aliphatic heterocycles. The summed E-state index contributed by atoms with van der Waals surface area (Å²) in [5.41, 5.74) is 6.56. The molecule has 114 valence electrons. The highest BCUT2D eigenvalue weighted by Crippen LogP contribution is 2.11. The lowest BCUT2D eigenvalue weighted by Crippen LogP contribution is -2.30. The largest absolute Gasteiger partial charge is 0.480 e. The van der Waals surface area contributed by atoms with Crippen LogP contribution >= 0.6 is 11.8 Å². The van der Waals surface area contributed by atoms with E-state index in [-0.39, 0.29) is 17.4 Å². The van der Waals surface area contributed by atoms with Gasteiger partial charge in [-0.25, -0.2) is 0 Å². The number of hydrogen-bond acceptors (Lipinski definition) is 5. The summed E-state index contributed by atoms with van der Waals surface area (Å²) < 4.78 is 0. The Morgan fingerprint density at radius 1 is 1.29 bits per heavy atom. The van der Waals surface area contributed by atoms with E-state index in [4.69, 9.17) is 10.8 Å². The zero-order valence-corrected chi connectivity index (χ0v) is 12.5. The van der Waals surface area contributed by atoms with Gasteiger partial charge in [-0.3, -0.25) is 14.4 Å². The lowest BCUT2D eigenvalue weighted by Gasteiger charge is -2.07. The minimum Gasteiger partial charge on any atom is -0.480 e. The number of nitrogens with one attached hydrogen (secondary N) is 1. The number of nitrogens with two attached hydrogens (primary N) is 1. The first-order valence-corrected chi connectivity index (χ1v) is 7.52. The summed E-state index contributed by atoms with van der Waals surface area (Å²) in [5, 5.41) is 11.3. The summed E-state index contributed by atoms with van der Waals surface area (Å²) in [6.45, 7) is 1.48. The molecule has 0 saturated heterocycles. The van der Waals surface area contributed by atoms with Crippen molar-refractivity contribution in [3.63, 3.8) is 0 Å². The second kappa shape index (κ2) is 8.43. The normalized spacial score (nSPS) is 11.7. The van der Waals surface area contributed by atoms with Crippen LogP contribution < -0.4 is 11.1 Å². The van der Waals surface area contributed by atoms with Crippen LogP contribution in [0.1, 0.15) is 23.7 Å². The molecule has 1 aromatic carbocycles. The van der Waals surface area contributed by atoms with Crippen LogP contribution in [-0.4, -0.2) is 40.3 Å². The molecular formula is C14H18N2O4S. The Balaban J connectivity index is 2.30. The van der Waals surface area contributed by atoms with Gasteiger partial charge in [0.05, 0.1) is 5.75 Å². The molecule has 0 fully saturated rings. The third-order valence-electron chi connectivity index (χ3n) is 2.70. The molecule has 4 N–H and O–H groups in total. The van der Waals surface area contributed by atoms with Gasteiger partial charge in [0.2, 0.25) is 5.91 Å². The molecule has 0 aliphatic carbocycles. The summed E-state index contributed by atoms with van der Waals surface area (Å²) in [4.78, 5) is 33.3. The number of rotatable bonds is 8. The molecule has 7 heteroatoms. The quantitative estimate of drug-likeness (QED) is 0.494. The van der Waals surface area contributed by atoms with E-state index in [0.717, 1.165) is 0 Å². The maximum absolute atomic E-state index is 11.7. The molecule has 21 heavy (non-hydrogen) atoms. The third-order valence-corrected chi connectivity index (χ3v) is 3.69. The highest BCUT2D eigenvalue weighted by Gasteiger charge is 2.11. The summed E-state index contributed by atoms with van der Waals surface area (Å²) in [6.07, 6.45) is 0.320. The molecule has 1 amide bonds. The predicted octanol–water partition coefficient (Wildman–Crippen LogP) is 1.36. The topological polar surface area (TPSA) is 109 Å². The molecule has 0 aromatic heterocycles. The fraction of sp³-hybridized carbons (Fsp3) is 0.357. The molecular weight excluding hydrogens is 292 g/mol. The van der Waals surface area contributed by atoms with Crippen molar-refractivity contribution in [3.8, 4) is 0 Å². The van der Waals surface area contributed by atoms with Gasteiger partial charge < -0.3 is 16.2 Å². The van der Waals surface area contributed by atoms with Gasteiger partial charge in [0, 0.05) is 11.3 Å². The summed E-state index contributed by atoms with van der Waals surface area (Å²) in [6, 6.07) is 5.74. The molecule has 1 atom stereocenters. The minimum absolute atomic E-state index is 0.0294. The number of Topliss-reactive ketones (excluding diaryl/α,β-unsaturated/α-hetero) is 1. The average Bonchev–Trinajstić information content (AvgIpc) is 2.43. The van der Waals surface area contributed by atoms with E-state index in [1.165, 1.54) is 18.7 Å². The van der Waals surface area contributed by atoms with E-state index < -0.39 is 12.0 Å². The first kappa shape index (κ1) is 17.2. The number of ketones is 1. The number of carbonyl (C=O) groups excluding carboxylic acids is 2. The zero-order chi connectivity index (χ0) is 15.8. The third kappa shape index (κ3) is 6.42. The van der Waals surface area contributed by atoms with Crippen molar-refractivity contribution in [2.45, 2.75) is 19.4 Å². The van der Waals surface area contributed by atoms with Crippen LogP contribution in [0.3, 0.4) is 0 Å². The van der Waals surface area contributed by atoms with Gasteiger partial charge in [-0.15, -0.1) is 0 Å². The molecule has 0 spiro atoms. The molecule has 0 radical (unpaired) electrons. The van der Waals surface area contributed by atoms with Crippen LogP contribution in [0.25, 0.3) is 0 Å². The number of carboxylic acid groups (broad SMARTS) is 1.